The predicted molar refractivity (Wildman–Crippen MR) is 85.6 cm³/mol. The molecule has 0 spiro atoms. The highest BCUT2D eigenvalue weighted by Gasteiger charge is 2.21. The number of likely N-dealkylation sites (tertiary alicyclic amines) is 1. The largest absolute Gasteiger partial charge is 0.494 e. The zero-order chi connectivity index (χ0) is 15.2. The fourth-order valence-corrected chi connectivity index (χ4v) is 2.95. The molecule has 21 heavy (non-hydrogen) atoms. The molecule has 1 aromatic rings. The lowest BCUT2D eigenvalue weighted by Gasteiger charge is -2.21. The summed E-state index contributed by atoms with van der Waals surface area (Å²) in [7, 11) is 0. The Morgan fingerprint density at radius 3 is 2.81 bits per heavy atom. The highest BCUT2D eigenvalue weighted by Crippen LogP contribution is 2.24. The van der Waals surface area contributed by atoms with E-state index in [4.69, 9.17) is 10.5 Å². The molecule has 1 saturated heterocycles. The fraction of sp³-hybridized carbons (Fsp3) is 0.588. The summed E-state index contributed by atoms with van der Waals surface area (Å²) < 4.78 is 5.47. The number of ether oxygens (including phenoxy) is 1. The van der Waals surface area contributed by atoms with E-state index in [1.165, 1.54) is 12.8 Å². The Morgan fingerprint density at radius 1 is 1.29 bits per heavy atom. The maximum Gasteiger partial charge on any atom is 0.254 e. The van der Waals surface area contributed by atoms with Gasteiger partial charge in [-0.15, -0.1) is 0 Å². The molecule has 0 aromatic heterocycles. The third kappa shape index (κ3) is 4.13. The van der Waals surface area contributed by atoms with Gasteiger partial charge in [0.25, 0.3) is 5.91 Å². The van der Waals surface area contributed by atoms with E-state index in [1.54, 1.807) is 18.2 Å². The predicted octanol–water partition coefficient (Wildman–Crippen LogP) is 3.32. The van der Waals surface area contributed by atoms with Crippen LogP contribution in [0.4, 0.5) is 5.69 Å². The second kappa shape index (κ2) is 7.34. The Bertz CT molecular complexity index is 488. The number of nitrogens with two attached hydrogens (primary N) is 1. The van der Waals surface area contributed by atoms with Crippen LogP contribution in [-0.4, -0.2) is 30.5 Å². The summed E-state index contributed by atoms with van der Waals surface area (Å²) >= 11 is 0. The Kier molecular flexibility index (Phi) is 5.48. The van der Waals surface area contributed by atoms with Crippen molar-refractivity contribution < 1.29 is 9.53 Å². The van der Waals surface area contributed by atoms with Gasteiger partial charge in [0, 0.05) is 30.4 Å². The van der Waals surface area contributed by atoms with Crippen LogP contribution in [0.2, 0.25) is 0 Å². The summed E-state index contributed by atoms with van der Waals surface area (Å²) in [5.41, 5.74) is 7.09. The van der Waals surface area contributed by atoms with Crippen molar-refractivity contribution in [1.29, 1.82) is 0 Å². The summed E-state index contributed by atoms with van der Waals surface area (Å²) in [5, 5.41) is 0. The topological polar surface area (TPSA) is 55.6 Å². The summed E-state index contributed by atoms with van der Waals surface area (Å²) in [6.07, 6.45) is 4.62. The first-order chi connectivity index (χ1) is 10.1. The van der Waals surface area contributed by atoms with E-state index < -0.39 is 0 Å². The molecule has 2 rings (SSSR count). The summed E-state index contributed by atoms with van der Waals surface area (Å²) in [6.45, 7) is 6.40. The number of hydrogen-bond acceptors (Lipinski definition) is 3. The first kappa shape index (κ1) is 15.7. The quantitative estimate of drug-likeness (QED) is 0.865. The maximum absolute atomic E-state index is 12.7. The molecule has 4 heteroatoms. The highest BCUT2D eigenvalue weighted by atomic mass is 16.5. The Labute approximate surface area is 127 Å². The third-order valence-electron chi connectivity index (χ3n) is 4.20. The van der Waals surface area contributed by atoms with E-state index in [0.29, 0.717) is 23.6 Å². The molecule has 1 aliphatic heterocycles. The first-order valence-electron chi connectivity index (χ1n) is 7.96. The van der Waals surface area contributed by atoms with Gasteiger partial charge < -0.3 is 15.4 Å². The molecular formula is C17H26N2O2. The van der Waals surface area contributed by atoms with Crippen molar-refractivity contribution in [3.63, 3.8) is 0 Å². The Morgan fingerprint density at radius 2 is 2.10 bits per heavy atom. The van der Waals surface area contributed by atoms with Crippen LogP contribution in [0.5, 0.6) is 5.75 Å². The standard InChI is InChI=1S/C17H26N2O2/c1-3-13-6-5-8-19(9-7-13)17(20)14-10-15(18)12-16(11-14)21-4-2/h10-13H,3-9,18H2,1-2H3. The van der Waals surface area contributed by atoms with Crippen LogP contribution in [-0.2, 0) is 0 Å². The minimum atomic E-state index is 0.0695. The monoisotopic (exact) mass is 290 g/mol. The van der Waals surface area contributed by atoms with E-state index in [-0.39, 0.29) is 5.91 Å². The summed E-state index contributed by atoms with van der Waals surface area (Å²) in [6, 6.07) is 5.30. The average molecular weight is 290 g/mol. The molecule has 116 valence electrons. The van der Waals surface area contributed by atoms with Gasteiger partial charge in [-0.1, -0.05) is 13.3 Å². The summed E-state index contributed by atoms with van der Waals surface area (Å²) in [5.74, 6) is 1.49. The van der Waals surface area contributed by atoms with Gasteiger partial charge in [-0.3, -0.25) is 4.79 Å². The first-order valence-corrected chi connectivity index (χ1v) is 7.96. The number of benzene rings is 1. The van der Waals surface area contributed by atoms with E-state index >= 15 is 0 Å². The van der Waals surface area contributed by atoms with Gasteiger partial charge in [0.15, 0.2) is 0 Å². The number of hydrogen-bond donors (Lipinski definition) is 1. The minimum absolute atomic E-state index is 0.0695. The van der Waals surface area contributed by atoms with Crippen molar-refractivity contribution in [3.05, 3.63) is 23.8 Å². The molecule has 1 amide bonds. The van der Waals surface area contributed by atoms with E-state index in [9.17, 15) is 4.79 Å². The van der Waals surface area contributed by atoms with E-state index in [2.05, 4.69) is 6.92 Å². The van der Waals surface area contributed by atoms with Gasteiger partial charge in [0.05, 0.1) is 6.61 Å². The van der Waals surface area contributed by atoms with Crippen molar-refractivity contribution >= 4 is 11.6 Å². The van der Waals surface area contributed by atoms with Gasteiger partial charge in [-0.25, -0.2) is 0 Å². The lowest BCUT2D eigenvalue weighted by atomic mass is 9.98. The van der Waals surface area contributed by atoms with Gasteiger partial charge in [0.1, 0.15) is 5.75 Å². The lowest BCUT2D eigenvalue weighted by molar-refractivity contribution is 0.0759. The molecule has 0 bridgehead atoms. The number of carbonyl (C=O) groups excluding carboxylic acids is 1. The van der Waals surface area contributed by atoms with E-state index in [0.717, 1.165) is 31.8 Å². The van der Waals surface area contributed by atoms with Crippen molar-refractivity contribution in [2.45, 2.75) is 39.5 Å². The molecular weight excluding hydrogens is 264 g/mol. The van der Waals surface area contributed by atoms with Crippen molar-refractivity contribution in [3.8, 4) is 5.75 Å². The maximum atomic E-state index is 12.7. The minimum Gasteiger partial charge on any atom is -0.494 e. The zero-order valence-electron chi connectivity index (χ0n) is 13.1. The van der Waals surface area contributed by atoms with Crippen molar-refractivity contribution in [2.75, 3.05) is 25.4 Å². The molecule has 1 heterocycles. The van der Waals surface area contributed by atoms with Crippen LogP contribution in [0.1, 0.15) is 49.9 Å². The molecule has 0 radical (unpaired) electrons. The molecule has 4 nitrogen and oxygen atoms in total. The average Bonchev–Trinajstić information content (AvgIpc) is 2.71. The molecule has 2 N–H and O–H groups in total. The molecule has 1 fully saturated rings. The zero-order valence-corrected chi connectivity index (χ0v) is 13.1. The normalized spacial score (nSPS) is 19.1. The highest BCUT2D eigenvalue weighted by molar-refractivity contribution is 5.95. The van der Waals surface area contributed by atoms with Gasteiger partial charge >= 0.3 is 0 Å². The van der Waals surface area contributed by atoms with Crippen molar-refractivity contribution in [1.82, 2.24) is 4.90 Å². The third-order valence-corrected chi connectivity index (χ3v) is 4.20. The molecule has 0 aliphatic carbocycles. The molecule has 1 aliphatic rings. The number of carbonyl (C=O) groups is 1. The van der Waals surface area contributed by atoms with Gasteiger partial charge in [-0.05, 0) is 44.2 Å². The summed E-state index contributed by atoms with van der Waals surface area (Å²) in [4.78, 5) is 14.6. The molecule has 1 atom stereocenters. The number of anilines is 1. The molecule has 0 saturated carbocycles. The lowest BCUT2D eigenvalue weighted by Crippen LogP contribution is -2.32. The number of amides is 1. The smallest absolute Gasteiger partial charge is 0.254 e. The number of rotatable bonds is 4. The number of nitrogens with zero attached hydrogens (tertiary/aromatic N) is 1. The fourth-order valence-electron chi connectivity index (χ4n) is 2.95. The van der Waals surface area contributed by atoms with Crippen LogP contribution in [0.25, 0.3) is 0 Å². The molecule has 1 unspecified atom stereocenters. The second-order valence-corrected chi connectivity index (χ2v) is 5.72. The van der Waals surface area contributed by atoms with Crippen LogP contribution in [0.15, 0.2) is 18.2 Å². The SMILES string of the molecule is CCOc1cc(N)cc(C(=O)N2CCCC(CC)CC2)c1. The van der Waals surface area contributed by atoms with E-state index in [1.807, 2.05) is 11.8 Å². The van der Waals surface area contributed by atoms with Crippen LogP contribution >= 0.6 is 0 Å². The van der Waals surface area contributed by atoms with Crippen molar-refractivity contribution in [2.24, 2.45) is 5.92 Å². The van der Waals surface area contributed by atoms with Gasteiger partial charge in [-0.2, -0.15) is 0 Å². The Hall–Kier alpha value is -1.71. The van der Waals surface area contributed by atoms with Gasteiger partial charge in [0.2, 0.25) is 0 Å². The Balaban J connectivity index is 2.12. The molecule has 1 aromatic carbocycles. The van der Waals surface area contributed by atoms with Crippen LogP contribution < -0.4 is 10.5 Å². The second-order valence-electron chi connectivity index (χ2n) is 5.72. The number of nitrogen functional groups attached to an aromatic ring is 1. The van der Waals surface area contributed by atoms with Crippen LogP contribution in [0.3, 0.4) is 0 Å². The van der Waals surface area contributed by atoms with Crippen LogP contribution in [0, 0.1) is 5.92 Å².